The van der Waals surface area contributed by atoms with Gasteiger partial charge < -0.3 is 14.2 Å². The SMILES string of the molecule is CCOC(=O)C(C)Oc1ccc2c(c1C)O/C(=C\c1ccccc1Br)C2=O. The molecule has 1 heterocycles. The highest BCUT2D eigenvalue weighted by Crippen LogP contribution is 2.39. The van der Waals surface area contributed by atoms with E-state index >= 15 is 0 Å². The van der Waals surface area contributed by atoms with Crippen molar-refractivity contribution in [1.29, 1.82) is 0 Å². The maximum atomic E-state index is 12.7. The van der Waals surface area contributed by atoms with Crippen LogP contribution < -0.4 is 9.47 Å². The molecular formula is C21H19BrO5. The molecule has 0 bridgehead atoms. The van der Waals surface area contributed by atoms with E-state index in [0.717, 1.165) is 10.0 Å². The lowest BCUT2D eigenvalue weighted by atomic mass is 10.1. The van der Waals surface area contributed by atoms with Gasteiger partial charge in [-0.3, -0.25) is 4.79 Å². The Kier molecular flexibility index (Phi) is 5.65. The van der Waals surface area contributed by atoms with Gasteiger partial charge in [-0.1, -0.05) is 34.1 Å². The first kappa shape index (κ1) is 19.2. The molecule has 0 N–H and O–H groups in total. The molecule has 3 rings (SSSR count). The van der Waals surface area contributed by atoms with Crippen molar-refractivity contribution in [3.8, 4) is 11.5 Å². The lowest BCUT2D eigenvalue weighted by molar-refractivity contribution is -0.150. The fourth-order valence-electron chi connectivity index (χ4n) is 2.73. The zero-order valence-corrected chi connectivity index (χ0v) is 16.8. The number of halogens is 1. The third-order valence-corrected chi connectivity index (χ3v) is 4.87. The van der Waals surface area contributed by atoms with Crippen molar-refractivity contribution in [2.24, 2.45) is 0 Å². The summed E-state index contributed by atoms with van der Waals surface area (Å²) in [5, 5.41) is 0. The quantitative estimate of drug-likeness (QED) is 0.507. The first-order valence-electron chi connectivity index (χ1n) is 8.58. The van der Waals surface area contributed by atoms with Crippen molar-refractivity contribution in [2.75, 3.05) is 6.61 Å². The Balaban J connectivity index is 1.88. The van der Waals surface area contributed by atoms with E-state index in [9.17, 15) is 9.59 Å². The Bertz CT molecular complexity index is 932. The van der Waals surface area contributed by atoms with Crippen LogP contribution in [0.2, 0.25) is 0 Å². The molecule has 0 amide bonds. The molecule has 0 aliphatic carbocycles. The van der Waals surface area contributed by atoms with Crippen molar-refractivity contribution in [3.63, 3.8) is 0 Å². The third-order valence-electron chi connectivity index (χ3n) is 4.15. The van der Waals surface area contributed by atoms with E-state index in [2.05, 4.69) is 15.9 Å². The molecule has 0 spiro atoms. The normalized spacial score (nSPS) is 15.3. The average Bonchev–Trinajstić information content (AvgIpc) is 2.96. The highest BCUT2D eigenvalue weighted by Gasteiger charge is 2.31. The topological polar surface area (TPSA) is 61.8 Å². The van der Waals surface area contributed by atoms with Gasteiger partial charge in [-0.15, -0.1) is 0 Å². The van der Waals surface area contributed by atoms with Crippen LogP contribution in [0.3, 0.4) is 0 Å². The van der Waals surface area contributed by atoms with E-state index < -0.39 is 12.1 Å². The molecule has 1 aliphatic heterocycles. The standard InChI is InChI=1S/C21H19BrO5/c1-4-25-21(24)13(3)26-17-10-9-15-19(23)18(27-20(15)12(17)2)11-14-7-5-6-8-16(14)22/h5-11,13H,4H2,1-3H3/b18-11-. The third kappa shape index (κ3) is 3.90. The molecule has 1 unspecified atom stereocenters. The Hall–Kier alpha value is -2.60. The average molecular weight is 431 g/mol. The van der Waals surface area contributed by atoms with Gasteiger partial charge in [0.15, 0.2) is 11.9 Å². The minimum Gasteiger partial charge on any atom is -0.479 e. The van der Waals surface area contributed by atoms with E-state index in [0.29, 0.717) is 22.6 Å². The number of hydrogen-bond donors (Lipinski definition) is 0. The van der Waals surface area contributed by atoms with E-state index in [-0.39, 0.29) is 18.1 Å². The summed E-state index contributed by atoms with van der Waals surface area (Å²) in [6, 6.07) is 10.9. The van der Waals surface area contributed by atoms with Crippen LogP contribution in [-0.2, 0) is 9.53 Å². The van der Waals surface area contributed by atoms with Gasteiger partial charge in [0.2, 0.25) is 5.78 Å². The maximum Gasteiger partial charge on any atom is 0.347 e. The molecule has 2 aromatic carbocycles. The molecule has 0 saturated carbocycles. The zero-order chi connectivity index (χ0) is 19.6. The molecule has 140 valence electrons. The lowest BCUT2D eigenvalue weighted by Crippen LogP contribution is -2.26. The summed E-state index contributed by atoms with van der Waals surface area (Å²) in [5.41, 5.74) is 1.98. The molecule has 27 heavy (non-hydrogen) atoms. The van der Waals surface area contributed by atoms with Crippen LogP contribution in [0.15, 0.2) is 46.6 Å². The molecule has 1 atom stereocenters. The second kappa shape index (κ2) is 7.96. The summed E-state index contributed by atoms with van der Waals surface area (Å²) in [4.78, 5) is 24.5. The Labute approximate surface area is 166 Å². The van der Waals surface area contributed by atoms with Gasteiger partial charge in [-0.2, -0.15) is 0 Å². The molecule has 5 nitrogen and oxygen atoms in total. The van der Waals surface area contributed by atoms with Crippen LogP contribution in [0.5, 0.6) is 11.5 Å². The van der Waals surface area contributed by atoms with Gasteiger partial charge in [0.1, 0.15) is 11.5 Å². The molecule has 0 fully saturated rings. The molecule has 6 heteroatoms. The molecular weight excluding hydrogens is 412 g/mol. The second-order valence-electron chi connectivity index (χ2n) is 6.04. The van der Waals surface area contributed by atoms with E-state index in [1.807, 2.05) is 24.3 Å². The first-order valence-corrected chi connectivity index (χ1v) is 9.37. The summed E-state index contributed by atoms with van der Waals surface area (Å²) in [6.07, 6.45) is 0.947. The van der Waals surface area contributed by atoms with Gasteiger partial charge in [0, 0.05) is 10.0 Å². The first-order chi connectivity index (χ1) is 12.9. The molecule has 0 saturated heterocycles. The fourth-order valence-corrected chi connectivity index (χ4v) is 3.13. The van der Waals surface area contributed by atoms with Crippen molar-refractivity contribution in [1.82, 2.24) is 0 Å². The Morgan fingerprint density at radius 1 is 1.26 bits per heavy atom. The molecule has 0 aromatic heterocycles. The summed E-state index contributed by atoms with van der Waals surface area (Å²) in [6.45, 7) is 5.44. The minimum atomic E-state index is -0.755. The number of ether oxygens (including phenoxy) is 3. The number of fused-ring (bicyclic) bond motifs is 1. The molecule has 2 aromatic rings. The van der Waals surface area contributed by atoms with E-state index in [1.54, 1.807) is 39.0 Å². The smallest absolute Gasteiger partial charge is 0.347 e. The van der Waals surface area contributed by atoms with Crippen LogP contribution in [0, 0.1) is 6.92 Å². The number of ketones is 1. The lowest BCUT2D eigenvalue weighted by Gasteiger charge is -2.16. The number of allylic oxidation sites excluding steroid dienone is 1. The number of rotatable bonds is 5. The van der Waals surface area contributed by atoms with Crippen LogP contribution in [0.4, 0.5) is 0 Å². The molecule has 1 aliphatic rings. The summed E-state index contributed by atoms with van der Waals surface area (Å²) in [5.74, 6) is 0.546. The van der Waals surface area contributed by atoms with Crippen LogP contribution in [0.1, 0.15) is 35.3 Å². The van der Waals surface area contributed by atoms with E-state index in [4.69, 9.17) is 14.2 Å². The number of hydrogen-bond acceptors (Lipinski definition) is 5. The number of benzene rings is 2. The largest absolute Gasteiger partial charge is 0.479 e. The van der Waals surface area contributed by atoms with Crippen LogP contribution in [0.25, 0.3) is 6.08 Å². The minimum absolute atomic E-state index is 0.186. The van der Waals surface area contributed by atoms with Gasteiger partial charge in [0.05, 0.1) is 12.2 Å². The number of esters is 1. The Morgan fingerprint density at radius 2 is 2.00 bits per heavy atom. The fraction of sp³-hybridized carbons (Fsp3) is 0.238. The highest BCUT2D eigenvalue weighted by atomic mass is 79.9. The van der Waals surface area contributed by atoms with Gasteiger partial charge in [-0.25, -0.2) is 4.79 Å². The maximum absolute atomic E-state index is 12.7. The summed E-state index contributed by atoms with van der Waals surface area (Å²) < 4.78 is 17.4. The van der Waals surface area contributed by atoms with Crippen molar-refractivity contribution >= 4 is 33.8 Å². The van der Waals surface area contributed by atoms with Crippen LogP contribution in [-0.4, -0.2) is 24.5 Å². The van der Waals surface area contributed by atoms with Crippen molar-refractivity contribution in [3.05, 3.63) is 63.3 Å². The van der Waals surface area contributed by atoms with Crippen molar-refractivity contribution in [2.45, 2.75) is 26.9 Å². The van der Waals surface area contributed by atoms with Crippen molar-refractivity contribution < 1.29 is 23.8 Å². The monoisotopic (exact) mass is 430 g/mol. The second-order valence-corrected chi connectivity index (χ2v) is 6.89. The zero-order valence-electron chi connectivity index (χ0n) is 15.2. The van der Waals surface area contributed by atoms with Gasteiger partial charge >= 0.3 is 5.97 Å². The summed E-state index contributed by atoms with van der Waals surface area (Å²) in [7, 11) is 0. The Morgan fingerprint density at radius 3 is 2.70 bits per heavy atom. The predicted molar refractivity (Wildman–Crippen MR) is 105 cm³/mol. The predicted octanol–water partition coefficient (Wildman–Crippen LogP) is 4.70. The number of carbonyl (C=O) groups is 2. The van der Waals surface area contributed by atoms with Gasteiger partial charge in [0.25, 0.3) is 0 Å². The highest BCUT2D eigenvalue weighted by molar-refractivity contribution is 9.10. The summed E-state index contributed by atoms with van der Waals surface area (Å²) >= 11 is 3.46. The number of Topliss-reactive ketones (excluding diaryl/α,β-unsaturated/α-hetero) is 1. The number of carbonyl (C=O) groups excluding carboxylic acids is 2. The molecule has 0 radical (unpaired) electrons. The van der Waals surface area contributed by atoms with Gasteiger partial charge in [-0.05, 0) is 50.6 Å². The van der Waals surface area contributed by atoms with Crippen LogP contribution >= 0.6 is 15.9 Å². The van der Waals surface area contributed by atoms with E-state index in [1.165, 1.54) is 0 Å².